The Hall–Kier alpha value is -1.94. The molecule has 104 heavy (non-hydrogen) atoms. The maximum atomic E-state index is 13.1. The van der Waals surface area contributed by atoms with Crippen molar-refractivity contribution in [1.82, 2.24) is 0 Å². The van der Waals surface area contributed by atoms with Gasteiger partial charge in [-0.1, -0.05) is 401 Å². The van der Waals surface area contributed by atoms with Crippen LogP contribution in [0.25, 0.3) is 0 Å². The van der Waals surface area contributed by atoms with E-state index in [4.69, 9.17) is 37.0 Å². The highest BCUT2D eigenvalue weighted by molar-refractivity contribution is 7.47. The van der Waals surface area contributed by atoms with Crippen molar-refractivity contribution in [2.24, 2.45) is 11.8 Å². The van der Waals surface area contributed by atoms with Gasteiger partial charge in [-0.25, -0.2) is 9.13 Å². The molecule has 618 valence electrons. The van der Waals surface area contributed by atoms with Gasteiger partial charge >= 0.3 is 39.5 Å². The highest BCUT2D eigenvalue weighted by Crippen LogP contribution is 2.45. The first-order valence-electron chi connectivity index (χ1n) is 44.0. The van der Waals surface area contributed by atoms with Gasteiger partial charge in [-0.05, 0) is 37.5 Å². The summed E-state index contributed by atoms with van der Waals surface area (Å²) in [5.74, 6) is -0.497. The van der Waals surface area contributed by atoms with Crippen molar-refractivity contribution in [2.45, 2.75) is 471 Å². The van der Waals surface area contributed by atoms with Crippen LogP contribution in [0, 0.1) is 11.8 Å². The minimum Gasteiger partial charge on any atom is -0.462 e. The number of unbranched alkanes of at least 4 members (excludes halogenated alkanes) is 54. The molecule has 0 heterocycles. The molecule has 0 saturated carbocycles. The second kappa shape index (κ2) is 76.4. The van der Waals surface area contributed by atoms with Crippen molar-refractivity contribution in [3.63, 3.8) is 0 Å². The smallest absolute Gasteiger partial charge is 0.462 e. The molecule has 0 amide bonds. The molecule has 0 aromatic heterocycles. The second-order valence-electron chi connectivity index (χ2n) is 31.5. The van der Waals surface area contributed by atoms with Crippen molar-refractivity contribution < 1.29 is 80.2 Å². The lowest BCUT2D eigenvalue weighted by atomic mass is 10.0. The molecule has 19 heteroatoms. The average molecular weight is 1520 g/mol. The molecule has 0 radical (unpaired) electrons. The zero-order chi connectivity index (χ0) is 76.4. The van der Waals surface area contributed by atoms with Crippen molar-refractivity contribution in [2.75, 3.05) is 39.6 Å². The van der Waals surface area contributed by atoms with Crippen molar-refractivity contribution in [1.29, 1.82) is 0 Å². The number of aliphatic hydroxyl groups excluding tert-OH is 1. The number of carbonyl (C=O) groups excluding carboxylic acids is 4. The lowest BCUT2D eigenvalue weighted by Crippen LogP contribution is -2.30. The van der Waals surface area contributed by atoms with Crippen molar-refractivity contribution in [3.8, 4) is 0 Å². The molecule has 0 aromatic rings. The maximum Gasteiger partial charge on any atom is 0.472 e. The molecule has 0 aromatic carbocycles. The number of aliphatic hydroxyl groups is 1. The molecule has 0 aliphatic heterocycles. The van der Waals surface area contributed by atoms with Crippen molar-refractivity contribution >= 4 is 39.5 Å². The maximum absolute atomic E-state index is 13.1. The largest absolute Gasteiger partial charge is 0.472 e. The van der Waals surface area contributed by atoms with Crippen LogP contribution in [0.3, 0.4) is 0 Å². The summed E-state index contributed by atoms with van der Waals surface area (Å²) < 4.78 is 68.8. The second-order valence-corrected chi connectivity index (χ2v) is 34.4. The fraction of sp³-hybridized carbons (Fsp3) is 0.953. The summed E-state index contributed by atoms with van der Waals surface area (Å²) in [5, 5.41) is 10.7. The quantitative estimate of drug-likeness (QED) is 0.0222. The first-order valence-corrected chi connectivity index (χ1v) is 47.0. The monoisotopic (exact) mass is 1520 g/mol. The van der Waals surface area contributed by atoms with Crippen LogP contribution >= 0.6 is 15.6 Å². The summed E-state index contributed by atoms with van der Waals surface area (Å²) in [5.41, 5.74) is 0. The van der Waals surface area contributed by atoms with Gasteiger partial charge in [-0.3, -0.25) is 37.3 Å². The van der Waals surface area contributed by atoms with Crippen LogP contribution in [0.4, 0.5) is 0 Å². The van der Waals surface area contributed by atoms with E-state index in [0.29, 0.717) is 25.7 Å². The number of ether oxygens (including phenoxy) is 4. The minimum atomic E-state index is -4.96. The van der Waals surface area contributed by atoms with E-state index in [1.54, 1.807) is 0 Å². The summed E-state index contributed by atoms with van der Waals surface area (Å²) in [6.07, 6.45) is 68.1. The number of phosphoric acid groups is 2. The predicted octanol–water partition coefficient (Wildman–Crippen LogP) is 25.8. The molecule has 0 spiro atoms. The highest BCUT2D eigenvalue weighted by Gasteiger charge is 2.30. The lowest BCUT2D eigenvalue weighted by molar-refractivity contribution is -0.161. The van der Waals surface area contributed by atoms with E-state index >= 15 is 0 Å². The molecule has 0 aliphatic carbocycles. The van der Waals surface area contributed by atoms with Gasteiger partial charge in [0.1, 0.15) is 19.3 Å². The molecule has 5 atom stereocenters. The highest BCUT2D eigenvalue weighted by atomic mass is 31.2. The van der Waals surface area contributed by atoms with Crippen LogP contribution in [0.15, 0.2) is 0 Å². The molecule has 0 fully saturated rings. The fourth-order valence-corrected chi connectivity index (χ4v) is 14.8. The third-order valence-electron chi connectivity index (χ3n) is 20.0. The van der Waals surface area contributed by atoms with Gasteiger partial charge < -0.3 is 33.8 Å². The fourth-order valence-electron chi connectivity index (χ4n) is 13.2. The number of esters is 4. The molecule has 0 aliphatic rings. The average Bonchev–Trinajstić information content (AvgIpc) is 0.914. The van der Waals surface area contributed by atoms with Gasteiger partial charge in [0.05, 0.1) is 26.4 Å². The van der Waals surface area contributed by atoms with E-state index in [1.807, 2.05) is 0 Å². The Morgan fingerprint density at radius 3 is 0.654 bits per heavy atom. The summed E-state index contributed by atoms with van der Waals surface area (Å²) in [6, 6.07) is 0. The van der Waals surface area contributed by atoms with Crippen LogP contribution in [-0.2, 0) is 65.4 Å². The molecule has 3 N–H and O–H groups in total. The van der Waals surface area contributed by atoms with Crippen LogP contribution in [-0.4, -0.2) is 96.7 Å². The van der Waals surface area contributed by atoms with Crippen LogP contribution in [0.1, 0.15) is 452 Å². The number of phosphoric ester groups is 2. The van der Waals surface area contributed by atoms with Crippen LogP contribution in [0.2, 0.25) is 0 Å². The Morgan fingerprint density at radius 1 is 0.260 bits per heavy atom. The first kappa shape index (κ1) is 102. The third kappa shape index (κ3) is 78.2. The standard InChI is InChI=1S/C85H166O17P2/c1-7-9-11-13-15-17-18-19-20-21-25-28-33-38-44-50-56-62-68-83(88)96-74-81(102-84(89)69-63-57-51-45-39-34-29-26-23-22-24-27-31-36-42-47-53-59-65-77(3)4)76-100-104(93,94)98-72-79(86)71-97-103(91,92)99-75-80(73-95-82(87)67-61-55-49-41-16-14-12-10-8-2)101-85(90)70-64-58-52-46-40-35-30-32-37-43-48-54-60-66-78(5)6/h77-81,86H,7-76H2,1-6H3,(H,91,92)(H,93,94)/t79-,80+,81+/m0/s1. The van der Waals surface area contributed by atoms with E-state index in [1.165, 1.54) is 270 Å². The summed E-state index contributed by atoms with van der Waals surface area (Å²) >= 11 is 0. The van der Waals surface area contributed by atoms with E-state index in [2.05, 4.69) is 41.5 Å². The van der Waals surface area contributed by atoms with E-state index < -0.39 is 97.5 Å². The van der Waals surface area contributed by atoms with E-state index in [0.717, 1.165) is 102 Å². The van der Waals surface area contributed by atoms with E-state index in [9.17, 15) is 43.2 Å². The van der Waals surface area contributed by atoms with Gasteiger partial charge in [0.25, 0.3) is 0 Å². The number of carbonyl (C=O) groups is 4. The van der Waals surface area contributed by atoms with Gasteiger partial charge in [0.15, 0.2) is 12.2 Å². The molecule has 2 unspecified atom stereocenters. The Morgan fingerprint density at radius 2 is 0.442 bits per heavy atom. The van der Waals surface area contributed by atoms with Gasteiger partial charge in [-0.2, -0.15) is 0 Å². The minimum absolute atomic E-state index is 0.108. The lowest BCUT2D eigenvalue weighted by Gasteiger charge is -2.21. The first-order chi connectivity index (χ1) is 50.4. The van der Waals surface area contributed by atoms with E-state index in [-0.39, 0.29) is 25.7 Å². The van der Waals surface area contributed by atoms with Gasteiger partial charge in [0, 0.05) is 25.7 Å². The summed E-state index contributed by atoms with van der Waals surface area (Å²) in [4.78, 5) is 73.1. The van der Waals surface area contributed by atoms with Crippen LogP contribution < -0.4 is 0 Å². The Bertz CT molecular complexity index is 1990. The molecule has 0 rings (SSSR count). The molecular formula is C85H166O17P2. The predicted molar refractivity (Wildman–Crippen MR) is 428 cm³/mol. The Balaban J connectivity index is 5.21. The molecule has 0 saturated heterocycles. The van der Waals surface area contributed by atoms with Gasteiger partial charge in [0.2, 0.25) is 0 Å². The number of hydrogen-bond acceptors (Lipinski definition) is 15. The van der Waals surface area contributed by atoms with Crippen LogP contribution in [0.5, 0.6) is 0 Å². The third-order valence-corrected chi connectivity index (χ3v) is 21.9. The number of rotatable bonds is 84. The topological polar surface area (TPSA) is 237 Å². The van der Waals surface area contributed by atoms with Gasteiger partial charge in [-0.15, -0.1) is 0 Å². The summed E-state index contributed by atoms with van der Waals surface area (Å²) in [6.45, 7) is 9.70. The molecule has 0 bridgehead atoms. The Kier molecular flexibility index (Phi) is 75.0. The molecular weight excluding hydrogens is 1350 g/mol. The normalized spacial score (nSPS) is 13.8. The Labute approximate surface area is 638 Å². The summed E-state index contributed by atoms with van der Waals surface area (Å²) in [7, 11) is -9.92. The molecule has 17 nitrogen and oxygen atoms in total. The zero-order valence-electron chi connectivity index (χ0n) is 68.3. The van der Waals surface area contributed by atoms with Crippen molar-refractivity contribution in [3.05, 3.63) is 0 Å². The zero-order valence-corrected chi connectivity index (χ0v) is 70.1. The number of hydrogen-bond donors (Lipinski definition) is 3. The SMILES string of the molecule is CCCCCCCCCCCCCCCCCCCCC(=O)OC[C@H](COP(=O)(O)OC[C@@H](O)COP(=O)(O)OC[C@@H](COC(=O)CCCCCCCCCCC)OC(=O)CCCCCCCCCCCCCCCC(C)C)OC(=O)CCCCCCCCCCCCCCCCCCCCC(C)C.